The largest absolute Gasteiger partial charge is 0.308 e. The molecule has 2 aromatic carbocycles. The highest BCUT2D eigenvalue weighted by molar-refractivity contribution is 7.89. The van der Waals surface area contributed by atoms with Gasteiger partial charge in [0, 0.05) is 29.1 Å². The molecule has 13 nitrogen and oxygen atoms in total. The molecule has 40 heavy (non-hydrogen) atoms. The third-order valence-corrected chi connectivity index (χ3v) is 9.45. The van der Waals surface area contributed by atoms with E-state index in [1.54, 1.807) is 43.3 Å². The summed E-state index contributed by atoms with van der Waals surface area (Å²) in [4.78, 5) is 20.5. The number of aromatic nitrogens is 9. The van der Waals surface area contributed by atoms with E-state index in [1.807, 2.05) is 0 Å². The average Bonchev–Trinajstić information content (AvgIpc) is 3.61. The number of tetrazole rings is 1. The van der Waals surface area contributed by atoms with Gasteiger partial charge in [0.1, 0.15) is 12.2 Å². The van der Waals surface area contributed by atoms with Crippen LogP contribution < -0.4 is 5.56 Å². The number of H-pyrrole nitrogens is 1. The third-order valence-electron chi connectivity index (χ3n) is 6.97. The molecular formula is C24H22Cl2N10O3S. The third kappa shape index (κ3) is 4.87. The Labute approximate surface area is 237 Å². The fourth-order valence-electron chi connectivity index (χ4n) is 4.83. The summed E-state index contributed by atoms with van der Waals surface area (Å²) in [5.41, 5.74) is 2.22. The van der Waals surface area contributed by atoms with Crippen LogP contribution in [-0.4, -0.2) is 71.0 Å². The van der Waals surface area contributed by atoms with Crippen molar-refractivity contribution < 1.29 is 8.42 Å². The number of nitrogens with one attached hydrogen (secondary N) is 1. The molecule has 0 spiro atoms. The number of hydrogen-bond donors (Lipinski definition) is 1. The molecule has 1 aliphatic rings. The first kappa shape index (κ1) is 26.5. The van der Waals surface area contributed by atoms with E-state index in [1.165, 1.54) is 20.0 Å². The van der Waals surface area contributed by atoms with Gasteiger partial charge in [0.2, 0.25) is 10.0 Å². The minimum atomic E-state index is -3.72. The molecule has 0 unspecified atom stereocenters. The van der Waals surface area contributed by atoms with Gasteiger partial charge in [-0.05, 0) is 71.7 Å². The molecule has 16 heteroatoms. The van der Waals surface area contributed by atoms with Gasteiger partial charge in [-0.2, -0.15) is 4.31 Å². The van der Waals surface area contributed by atoms with Crippen LogP contribution in [-0.2, 0) is 16.6 Å². The molecule has 0 amide bonds. The van der Waals surface area contributed by atoms with Crippen LogP contribution in [0.2, 0.25) is 10.0 Å². The van der Waals surface area contributed by atoms with Crippen LogP contribution in [0, 0.1) is 6.92 Å². The lowest BCUT2D eigenvalue weighted by molar-refractivity contribution is 0.313. The summed E-state index contributed by atoms with van der Waals surface area (Å²) in [5.74, 6) is 0.330. The van der Waals surface area contributed by atoms with Crippen LogP contribution in [0.3, 0.4) is 0 Å². The lowest BCUT2D eigenvalue weighted by atomic mass is 9.97. The summed E-state index contributed by atoms with van der Waals surface area (Å²) in [7, 11) is -3.72. The lowest BCUT2D eigenvalue weighted by Gasteiger charge is -2.30. The molecule has 4 heterocycles. The first-order valence-electron chi connectivity index (χ1n) is 12.3. The van der Waals surface area contributed by atoms with Crippen LogP contribution in [0.1, 0.15) is 35.7 Å². The molecule has 1 N–H and O–H groups in total. The summed E-state index contributed by atoms with van der Waals surface area (Å²) in [5, 5.41) is 20.2. The number of nitrogens with zero attached hydrogens (tertiary/aromatic N) is 9. The van der Waals surface area contributed by atoms with E-state index in [9.17, 15) is 13.2 Å². The van der Waals surface area contributed by atoms with Gasteiger partial charge >= 0.3 is 0 Å². The Hall–Kier alpha value is -3.72. The van der Waals surface area contributed by atoms with E-state index in [-0.39, 0.29) is 36.0 Å². The van der Waals surface area contributed by atoms with Gasteiger partial charge in [0.25, 0.3) is 5.56 Å². The number of rotatable bonds is 6. The van der Waals surface area contributed by atoms with Crippen LogP contribution in [0.5, 0.6) is 0 Å². The van der Waals surface area contributed by atoms with Gasteiger partial charge in [0.15, 0.2) is 11.2 Å². The van der Waals surface area contributed by atoms with E-state index in [0.717, 1.165) is 11.1 Å². The number of piperidine rings is 1. The van der Waals surface area contributed by atoms with Crippen molar-refractivity contribution in [1.29, 1.82) is 0 Å². The Morgan fingerprint density at radius 3 is 2.58 bits per heavy atom. The molecule has 0 aliphatic carbocycles. The number of benzene rings is 2. The summed E-state index contributed by atoms with van der Waals surface area (Å²) in [6, 6.07) is 9.99. The number of halogens is 2. The van der Waals surface area contributed by atoms with Crippen LogP contribution in [0.25, 0.3) is 16.9 Å². The molecule has 1 fully saturated rings. The minimum Gasteiger partial charge on any atom is -0.308 e. The maximum Gasteiger partial charge on any atom is 0.281 e. The zero-order chi connectivity index (χ0) is 28.0. The topological polar surface area (TPSA) is 157 Å². The van der Waals surface area contributed by atoms with Gasteiger partial charge in [-0.3, -0.25) is 4.79 Å². The Bertz CT molecular complexity index is 1880. The summed E-state index contributed by atoms with van der Waals surface area (Å²) >= 11 is 12.3. The van der Waals surface area contributed by atoms with Crippen LogP contribution in [0.4, 0.5) is 0 Å². The Morgan fingerprint density at radius 2 is 1.88 bits per heavy atom. The quantitative estimate of drug-likeness (QED) is 0.309. The van der Waals surface area contributed by atoms with E-state index < -0.39 is 15.6 Å². The molecule has 1 saturated heterocycles. The summed E-state index contributed by atoms with van der Waals surface area (Å²) in [6.07, 6.45) is 2.42. The van der Waals surface area contributed by atoms with E-state index >= 15 is 0 Å². The second-order valence-corrected chi connectivity index (χ2v) is 12.3. The number of aryl methyl sites for hydroxylation is 1. The highest BCUT2D eigenvalue weighted by Crippen LogP contribution is 2.30. The van der Waals surface area contributed by atoms with Crippen molar-refractivity contribution in [2.45, 2.75) is 37.1 Å². The van der Waals surface area contributed by atoms with Crippen molar-refractivity contribution in [1.82, 2.24) is 49.5 Å². The Morgan fingerprint density at radius 1 is 1.07 bits per heavy atom. The Kier molecular flexibility index (Phi) is 6.86. The fraction of sp³-hybridized carbons (Fsp3) is 0.292. The van der Waals surface area contributed by atoms with Gasteiger partial charge < -0.3 is 4.98 Å². The highest BCUT2D eigenvalue weighted by Gasteiger charge is 2.31. The normalized spacial score (nSPS) is 15.2. The molecule has 0 bridgehead atoms. The molecule has 206 valence electrons. The lowest BCUT2D eigenvalue weighted by Crippen LogP contribution is -2.38. The van der Waals surface area contributed by atoms with E-state index in [0.29, 0.717) is 40.0 Å². The van der Waals surface area contributed by atoms with Gasteiger partial charge in [0.05, 0.1) is 17.1 Å². The highest BCUT2D eigenvalue weighted by atomic mass is 35.5. The van der Waals surface area contributed by atoms with Crippen molar-refractivity contribution >= 4 is 44.4 Å². The molecule has 1 aliphatic heterocycles. The predicted octanol–water partition coefficient (Wildman–Crippen LogP) is 2.72. The maximum absolute atomic E-state index is 13.4. The summed E-state index contributed by atoms with van der Waals surface area (Å²) < 4.78 is 31.3. The fourth-order valence-corrected chi connectivity index (χ4v) is 6.85. The predicted molar refractivity (Wildman–Crippen MR) is 146 cm³/mol. The molecule has 0 saturated carbocycles. The first-order chi connectivity index (χ1) is 19.2. The number of sulfonamides is 1. The molecular weight excluding hydrogens is 579 g/mol. The standard InChI is InChI=1S/C24H22Cl2N10O3S/c1-14-10-18(4-5-20(14)36-13-27-31-33-36)40(38,39)34-8-6-15(7-9-34)22-28-23-21(24(37)29-22)30-32-35(23)12-16-2-3-17(25)11-19(16)26/h2-5,10-11,13,15H,6-9,12H2,1H3,(H,28,29,37). The zero-order valence-electron chi connectivity index (χ0n) is 21.1. The Balaban J connectivity index is 1.21. The zero-order valence-corrected chi connectivity index (χ0v) is 23.4. The second kappa shape index (κ2) is 10.4. The van der Waals surface area contributed by atoms with E-state index in [2.05, 4.69) is 35.8 Å². The minimum absolute atomic E-state index is 0.120. The van der Waals surface area contributed by atoms with Crippen molar-refractivity contribution in [3.8, 4) is 5.69 Å². The van der Waals surface area contributed by atoms with Crippen LogP contribution >= 0.6 is 23.2 Å². The monoisotopic (exact) mass is 600 g/mol. The van der Waals surface area contributed by atoms with Crippen molar-refractivity contribution in [3.63, 3.8) is 0 Å². The van der Waals surface area contributed by atoms with Gasteiger partial charge in [-0.1, -0.05) is 34.5 Å². The number of fused-ring (bicyclic) bond motifs is 1. The van der Waals surface area contributed by atoms with Crippen molar-refractivity contribution in [2.75, 3.05) is 13.1 Å². The molecule has 5 aromatic rings. The maximum atomic E-state index is 13.4. The number of hydrogen-bond acceptors (Lipinski definition) is 9. The molecule has 6 rings (SSSR count). The average molecular weight is 601 g/mol. The molecule has 0 atom stereocenters. The van der Waals surface area contributed by atoms with Gasteiger partial charge in [-0.25, -0.2) is 22.8 Å². The molecule has 3 aromatic heterocycles. The SMILES string of the molecule is Cc1cc(S(=O)(=O)N2CCC(c3nc4c(nnn4Cc4ccc(Cl)cc4Cl)c(=O)[nH]3)CC2)ccc1-n1cnnn1. The number of aromatic amines is 1. The van der Waals surface area contributed by atoms with E-state index in [4.69, 9.17) is 23.2 Å². The second-order valence-electron chi connectivity index (χ2n) is 9.49. The smallest absolute Gasteiger partial charge is 0.281 e. The van der Waals surface area contributed by atoms with Crippen LogP contribution in [0.15, 0.2) is 52.4 Å². The summed E-state index contributed by atoms with van der Waals surface area (Å²) in [6.45, 7) is 2.62. The molecule has 0 radical (unpaired) electrons. The first-order valence-corrected chi connectivity index (χ1v) is 14.5. The van der Waals surface area contributed by atoms with Gasteiger partial charge in [-0.15, -0.1) is 10.2 Å². The van der Waals surface area contributed by atoms with Crippen molar-refractivity contribution in [3.05, 3.63) is 80.1 Å². The van der Waals surface area contributed by atoms with Crippen molar-refractivity contribution in [2.24, 2.45) is 0 Å².